The van der Waals surface area contributed by atoms with Gasteiger partial charge in [-0.2, -0.15) is 13.2 Å². The molecule has 0 aliphatic heterocycles. The Balaban J connectivity index is 2.60. The minimum atomic E-state index is -5.03. The van der Waals surface area contributed by atoms with E-state index < -0.39 is 17.5 Å². The predicted molar refractivity (Wildman–Crippen MR) is 66.5 cm³/mol. The minimum Gasteiger partial charge on any atom is -0.497 e. The van der Waals surface area contributed by atoms with Gasteiger partial charge in [-0.1, -0.05) is 0 Å². The van der Waals surface area contributed by atoms with Crippen molar-refractivity contribution in [2.75, 3.05) is 7.11 Å². The molecule has 1 heterocycles. The van der Waals surface area contributed by atoms with E-state index in [1.54, 1.807) is 0 Å². The topological polar surface area (TPSA) is 56.5 Å². The molecule has 21 heavy (non-hydrogen) atoms. The van der Waals surface area contributed by atoms with Gasteiger partial charge >= 0.3 is 6.18 Å². The molecule has 0 N–H and O–H groups in total. The standard InChI is InChI=1S/C14H9F3O4/c1-20-8-2-4-10(12-5-3-9(7-18)21-12)11(6-8)13(19)14(15,16)17/h2-7H,1H3. The second-order valence-corrected chi connectivity index (χ2v) is 4.06. The molecule has 1 aromatic heterocycles. The number of halogens is 3. The fraction of sp³-hybridized carbons (Fsp3) is 0.143. The molecule has 0 radical (unpaired) electrons. The van der Waals surface area contributed by atoms with Gasteiger partial charge in [0.15, 0.2) is 12.0 Å². The lowest BCUT2D eigenvalue weighted by Gasteiger charge is -2.11. The van der Waals surface area contributed by atoms with Crippen LogP contribution in [-0.4, -0.2) is 25.4 Å². The third-order valence-electron chi connectivity index (χ3n) is 2.74. The quantitative estimate of drug-likeness (QED) is 0.640. The van der Waals surface area contributed by atoms with Crippen LogP contribution in [0.25, 0.3) is 11.3 Å². The molecule has 0 aliphatic rings. The lowest BCUT2D eigenvalue weighted by atomic mass is 10.0. The number of hydrogen-bond donors (Lipinski definition) is 0. The Morgan fingerprint density at radius 2 is 1.95 bits per heavy atom. The zero-order valence-electron chi connectivity index (χ0n) is 10.7. The van der Waals surface area contributed by atoms with Crippen LogP contribution in [-0.2, 0) is 0 Å². The molecule has 7 heteroatoms. The van der Waals surface area contributed by atoms with E-state index in [4.69, 9.17) is 9.15 Å². The van der Waals surface area contributed by atoms with E-state index in [-0.39, 0.29) is 22.8 Å². The summed E-state index contributed by atoms with van der Waals surface area (Å²) in [4.78, 5) is 22.1. The van der Waals surface area contributed by atoms with Crippen molar-refractivity contribution in [3.8, 4) is 17.1 Å². The van der Waals surface area contributed by atoms with Crippen LogP contribution in [0.1, 0.15) is 20.9 Å². The van der Waals surface area contributed by atoms with Crippen LogP contribution in [0.2, 0.25) is 0 Å². The molecule has 1 aromatic carbocycles. The molecule has 0 amide bonds. The average Bonchev–Trinajstić information content (AvgIpc) is 2.93. The summed E-state index contributed by atoms with van der Waals surface area (Å²) in [5, 5.41) is 0. The summed E-state index contributed by atoms with van der Waals surface area (Å²) in [5.41, 5.74) is -0.667. The monoisotopic (exact) mass is 298 g/mol. The third-order valence-corrected chi connectivity index (χ3v) is 2.74. The minimum absolute atomic E-state index is 0.00708. The van der Waals surface area contributed by atoms with Gasteiger partial charge in [-0.15, -0.1) is 0 Å². The fourth-order valence-corrected chi connectivity index (χ4v) is 1.77. The molecule has 2 aromatic rings. The number of ether oxygens (including phenoxy) is 1. The Labute approximate surface area is 117 Å². The van der Waals surface area contributed by atoms with Crippen LogP contribution >= 0.6 is 0 Å². The van der Waals surface area contributed by atoms with Crippen LogP contribution in [0.5, 0.6) is 5.75 Å². The second kappa shape index (κ2) is 5.43. The smallest absolute Gasteiger partial charge is 0.454 e. The second-order valence-electron chi connectivity index (χ2n) is 4.06. The average molecular weight is 298 g/mol. The predicted octanol–water partition coefficient (Wildman–Crippen LogP) is 3.51. The lowest BCUT2D eigenvalue weighted by molar-refractivity contribution is -0.0884. The van der Waals surface area contributed by atoms with E-state index in [0.29, 0.717) is 6.29 Å². The summed E-state index contributed by atoms with van der Waals surface area (Å²) >= 11 is 0. The molecule has 0 saturated carbocycles. The summed E-state index contributed by atoms with van der Waals surface area (Å²) < 4.78 is 47.9. The summed E-state index contributed by atoms with van der Waals surface area (Å²) in [6.45, 7) is 0. The maximum Gasteiger partial charge on any atom is 0.454 e. The number of methoxy groups -OCH3 is 1. The molecular weight excluding hydrogens is 289 g/mol. The number of carbonyl (C=O) groups is 2. The number of aldehydes is 1. The van der Waals surface area contributed by atoms with Crippen LogP contribution in [0, 0.1) is 0 Å². The highest BCUT2D eigenvalue weighted by Gasteiger charge is 2.41. The Hall–Kier alpha value is -2.57. The molecule has 4 nitrogen and oxygen atoms in total. The van der Waals surface area contributed by atoms with E-state index >= 15 is 0 Å². The number of carbonyl (C=O) groups excluding carboxylic acids is 2. The molecule has 2 rings (SSSR count). The first-order valence-corrected chi connectivity index (χ1v) is 5.71. The van der Waals surface area contributed by atoms with Gasteiger partial charge < -0.3 is 9.15 Å². The Morgan fingerprint density at radius 1 is 1.24 bits per heavy atom. The van der Waals surface area contributed by atoms with E-state index in [0.717, 1.165) is 6.07 Å². The molecular formula is C14H9F3O4. The van der Waals surface area contributed by atoms with Crippen molar-refractivity contribution in [1.29, 1.82) is 0 Å². The number of ketones is 1. The molecule has 0 bridgehead atoms. The first-order chi connectivity index (χ1) is 9.86. The first-order valence-electron chi connectivity index (χ1n) is 5.71. The highest BCUT2D eigenvalue weighted by molar-refractivity contribution is 6.05. The summed E-state index contributed by atoms with van der Waals surface area (Å²) in [6, 6.07) is 6.26. The lowest BCUT2D eigenvalue weighted by Crippen LogP contribution is -2.23. The summed E-state index contributed by atoms with van der Waals surface area (Å²) in [7, 11) is 1.27. The van der Waals surface area contributed by atoms with Crippen LogP contribution in [0.4, 0.5) is 13.2 Å². The zero-order chi connectivity index (χ0) is 15.6. The number of Topliss-reactive ketones (excluding diaryl/α,β-unsaturated/α-hetero) is 1. The Bertz CT molecular complexity index is 686. The van der Waals surface area contributed by atoms with Crippen LogP contribution < -0.4 is 4.74 Å². The highest BCUT2D eigenvalue weighted by atomic mass is 19.4. The van der Waals surface area contributed by atoms with Gasteiger partial charge in [0.2, 0.25) is 0 Å². The molecule has 0 aliphatic carbocycles. The maximum absolute atomic E-state index is 12.7. The number of benzene rings is 1. The third kappa shape index (κ3) is 2.96. The van der Waals surface area contributed by atoms with Crippen molar-refractivity contribution >= 4 is 12.1 Å². The van der Waals surface area contributed by atoms with Gasteiger partial charge in [-0.25, -0.2) is 0 Å². The highest BCUT2D eigenvalue weighted by Crippen LogP contribution is 2.33. The van der Waals surface area contributed by atoms with E-state index in [9.17, 15) is 22.8 Å². The Kier molecular flexibility index (Phi) is 3.84. The normalized spacial score (nSPS) is 11.2. The molecule has 110 valence electrons. The van der Waals surface area contributed by atoms with E-state index in [2.05, 4.69) is 0 Å². The number of alkyl halides is 3. The van der Waals surface area contributed by atoms with Crippen molar-refractivity contribution in [3.05, 3.63) is 41.7 Å². The van der Waals surface area contributed by atoms with Crippen LogP contribution in [0.3, 0.4) is 0 Å². The van der Waals surface area contributed by atoms with Gasteiger partial charge in [0, 0.05) is 11.1 Å². The maximum atomic E-state index is 12.7. The summed E-state index contributed by atoms with van der Waals surface area (Å²) in [5.74, 6) is -1.97. The van der Waals surface area contributed by atoms with E-state index in [1.165, 1.54) is 31.4 Å². The largest absolute Gasteiger partial charge is 0.497 e. The van der Waals surface area contributed by atoms with Gasteiger partial charge in [0.25, 0.3) is 5.78 Å². The van der Waals surface area contributed by atoms with Gasteiger partial charge in [-0.05, 0) is 30.3 Å². The molecule has 0 atom stereocenters. The van der Waals surface area contributed by atoms with Crippen LogP contribution in [0.15, 0.2) is 34.7 Å². The first kappa shape index (κ1) is 14.8. The van der Waals surface area contributed by atoms with Crippen molar-refractivity contribution in [2.45, 2.75) is 6.18 Å². The fourth-order valence-electron chi connectivity index (χ4n) is 1.77. The van der Waals surface area contributed by atoms with E-state index in [1.807, 2.05) is 0 Å². The molecule has 0 saturated heterocycles. The van der Waals surface area contributed by atoms with Crippen molar-refractivity contribution in [3.63, 3.8) is 0 Å². The zero-order valence-corrected chi connectivity index (χ0v) is 10.7. The number of furan rings is 1. The Morgan fingerprint density at radius 3 is 2.48 bits per heavy atom. The SMILES string of the molecule is COc1ccc(-c2ccc(C=O)o2)c(C(=O)C(F)(F)F)c1. The van der Waals surface area contributed by atoms with Gasteiger partial charge in [0.05, 0.1) is 7.11 Å². The van der Waals surface area contributed by atoms with Gasteiger partial charge in [0.1, 0.15) is 11.5 Å². The number of hydrogen-bond acceptors (Lipinski definition) is 4. The van der Waals surface area contributed by atoms with Gasteiger partial charge in [-0.3, -0.25) is 9.59 Å². The number of rotatable bonds is 4. The summed E-state index contributed by atoms with van der Waals surface area (Å²) in [6.07, 6.45) is -4.61. The van der Waals surface area contributed by atoms with Crippen molar-refractivity contribution in [2.24, 2.45) is 0 Å². The van der Waals surface area contributed by atoms with Crippen molar-refractivity contribution in [1.82, 2.24) is 0 Å². The molecule has 0 spiro atoms. The van der Waals surface area contributed by atoms with Crippen molar-refractivity contribution < 1.29 is 31.9 Å². The molecule has 0 unspecified atom stereocenters. The molecule has 0 fully saturated rings.